The SMILES string of the molecule is Cc1ccccc1N1C(=O)/C(=C\c2ccccc2O)C(=O)N(c2nc(-c3ccccc3)cs2)C1=S. The van der Waals surface area contributed by atoms with E-state index >= 15 is 0 Å². The molecule has 0 atom stereocenters. The first-order valence-electron chi connectivity index (χ1n) is 10.7. The number of aryl methyl sites for hydroxylation is 1. The lowest BCUT2D eigenvalue weighted by atomic mass is 10.0. The summed E-state index contributed by atoms with van der Waals surface area (Å²) in [6.45, 7) is 1.87. The van der Waals surface area contributed by atoms with Gasteiger partial charge in [0.05, 0.1) is 11.4 Å². The standard InChI is InChI=1S/C27H19N3O3S2/c1-17-9-5-7-13-22(17)29-24(32)20(15-19-12-6-8-14-23(19)31)25(33)30(27(29)34)26-28-21(16-35-26)18-10-3-2-4-11-18/h2-16,31H,1H3/b20-15+. The molecule has 0 bridgehead atoms. The number of aromatic hydroxyl groups is 1. The zero-order valence-electron chi connectivity index (χ0n) is 18.6. The number of hydrogen-bond acceptors (Lipinski definition) is 6. The Morgan fingerprint density at radius 1 is 0.886 bits per heavy atom. The van der Waals surface area contributed by atoms with E-state index in [1.807, 2.05) is 60.8 Å². The first-order valence-corrected chi connectivity index (χ1v) is 12.0. The molecule has 0 saturated carbocycles. The smallest absolute Gasteiger partial charge is 0.272 e. The number of nitrogens with zero attached hydrogens (tertiary/aromatic N) is 3. The van der Waals surface area contributed by atoms with E-state index in [0.29, 0.717) is 22.1 Å². The predicted octanol–water partition coefficient (Wildman–Crippen LogP) is 5.57. The maximum atomic E-state index is 13.7. The van der Waals surface area contributed by atoms with Gasteiger partial charge in [-0.1, -0.05) is 66.7 Å². The van der Waals surface area contributed by atoms with E-state index in [-0.39, 0.29) is 16.4 Å². The Labute approximate surface area is 211 Å². The number of thiazole rings is 1. The Balaban J connectivity index is 1.65. The zero-order valence-corrected chi connectivity index (χ0v) is 20.2. The summed E-state index contributed by atoms with van der Waals surface area (Å²) in [6.07, 6.45) is 1.39. The number of anilines is 2. The molecule has 35 heavy (non-hydrogen) atoms. The number of phenolic OH excluding ortho intramolecular Hbond substituents is 1. The maximum Gasteiger partial charge on any atom is 0.272 e. The van der Waals surface area contributed by atoms with E-state index in [2.05, 4.69) is 4.98 Å². The number of phenols is 1. The number of hydrogen-bond donors (Lipinski definition) is 1. The second-order valence-electron chi connectivity index (χ2n) is 7.85. The Morgan fingerprint density at radius 3 is 2.29 bits per heavy atom. The van der Waals surface area contributed by atoms with Crippen molar-refractivity contribution in [3.05, 3.63) is 101 Å². The van der Waals surface area contributed by atoms with E-state index in [1.54, 1.807) is 24.3 Å². The highest BCUT2D eigenvalue weighted by Gasteiger charge is 2.42. The largest absolute Gasteiger partial charge is 0.507 e. The molecule has 0 spiro atoms. The molecule has 8 heteroatoms. The van der Waals surface area contributed by atoms with Crippen LogP contribution in [0.15, 0.2) is 89.8 Å². The van der Waals surface area contributed by atoms with Crippen molar-refractivity contribution in [1.82, 2.24) is 4.98 Å². The number of amides is 2. The van der Waals surface area contributed by atoms with Gasteiger partial charge in [-0.2, -0.15) is 0 Å². The summed E-state index contributed by atoms with van der Waals surface area (Å²) in [5.74, 6) is -1.20. The number of carbonyl (C=O) groups excluding carboxylic acids is 2. The second-order valence-corrected chi connectivity index (χ2v) is 9.05. The summed E-state index contributed by atoms with van der Waals surface area (Å²) in [5.41, 5.74) is 3.23. The molecule has 2 amide bonds. The molecule has 172 valence electrons. The van der Waals surface area contributed by atoms with Crippen molar-refractivity contribution in [3.63, 3.8) is 0 Å². The monoisotopic (exact) mass is 497 g/mol. The van der Waals surface area contributed by atoms with Crippen molar-refractivity contribution in [2.45, 2.75) is 6.92 Å². The minimum Gasteiger partial charge on any atom is -0.507 e. The Kier molecular flexibility index (Phi) is 5.98. The average Bonchev–Trinajstić information content (AvgIpc) is 3.34. The van der Waals surface area contributed by atoms with Crippen LogP contribution in [0.25, 0.3) is 17.3 Å². The van der Waals surface area contributed by atoms with Gasteiger partial charge in [0, 0.05) is 16.5 Å². The Morgan fingerprint density at radius 2 is 1.54 bits per heavy atom. The number of aromatic nitrogens is 1. The van der Waals surface area contributed by atoms with Crippen LogP contribution in [0.4, 0.5) is 10.8 Å². The average molecular weight is 498 g/mol. The molecule has 1 aliphatic rings. The van der Waals surface area contributed by atoms with Crippen LogP contribution in [0.1, 0.15) is 11.1 Å². The summed E-state index contributed by atoms with van der Waals surface area (Å²) < 4.78 is 0. The summed E-state index contributed by atoms with van der Waals surface area (Å²) >= 11 is 6.96. The van der Waals surface area contributed by atoms with Crippen molar-refractivity contribution >= 4 is 57.4 Å². The topological polar surface area (TPSA) is 73.7 Å². The highest BCUT2D eigenvalue weighted by molar-refractivity contribution is 7.81. The molecular weight excluding hydrogens is 478 g/mol. The van der Waals surface area contributed by atoms with Gasteiger partial charge < -0.3 is 5.11 Å². The molecule has 4 aromatic rings. The van der Waals surface area contributed by atoms with Crippen molar-refractivity contribution in [3.8, 4) is 17.0 Å². The van der Waals surface area contributed by atoms with Crippen LogP contribution < -0.4 is 9.80 Å². The molecule has 0 aliphatic carbocycles. The first-order chi connectivity index (χ1) is 17.0. The molecule has 1 aromatic heterocycles. The first kappa shape index (κ1) is 22.6. The van der Waals surface area contributed by atoms with Crippen LogP contribution in [0.2, 0.25) is 0 Å². The lowest BCUT2D eigenvalue weighted by molar-refractivity contribution is -0.120. The van der Waals surface area contributed by atoms with Crippen LogP contribution in [0.3, 0.4) is 0 Å². The van der Waals surface area contributed by atoms with Crippen molar-refractivity contribution in [1.29, 1.82) is 0 Å². The van der Waals surface area contributed by atoms with Crippen LogP contribution in [0.5, 0.6) is 5.75 Å². The van der Waals surface area contributed by atoms with E-state index in [0.717, 1.165) is 11.1 Å². The third kappa shape index (κ3) is 4.14. The van der Waals surface area contributed by atoms with Gasteiger partial charge in [0.1, 0.15) is 11.3 Å². The number of rotatable bonds is 4. The van der Waals surface area contributed by atoms with Crippen molar-refractivity contribution in [2.75, 3.05) is 9.80 Å². The highest BCUT2D eigenvalue weighted by atomic mass is 32.1. The molecule has 1 saturated heterocycles. The van der Waals surface area contributed by atoms with Crippen LogP contribution in [-0.2, 0) is 9.59 Å². The quantitative estimate of drug-likeness (QED) is 0.227. The van der Waals surface area contributed by atoms with Crippen LogP contribution in [0, 0.1) is 6.92 Å². The van der Waals surface area contributed by atoms with Crippen LogP contribution in [-0.4, -0.2) is 27.0 Å². The molecule has 1 N–H and O–H groups in total. The van der Waals surface area contributed by atoms with E-state index in [1.165, 1.54) is 33.3 Å². The fourth-order valence-electron chi connectivity index (χ4n) is 3.80. The second kappa shape index (κ2) is 9.25. The molecule has 1 aliphatic heterocycles. The van der Waals surface area contributed by atoms with Gasteiger partial charge in [-0.15, -0.1) is 11.3 Å². The lowest BCUT2D eigenvalue weighted by Gasteiger charge is -2.35. The molecule has 5 rings (SSSR count). The van der Waals surface area contributed by atoms with E-state index < -0.39 is 11.8 Å². The van der Waals surface area contributed by atoms with Gasteiger partial charge in [0.2, 0.25) is 0 Å². The third-order valence-corrected chi connectivity index (χ3v) is 6.79. The normalized spacial score (nSPS) is 15.2. The molecule has 3 aromatic carbocycles. The van der Waals surface area contributed by atoms with E-state index in [4.69, 9.17) is 12.2 Å². The summed E-state index contributed by atoms with van der Waals surface area (Å²) in [4.78, 5) is 34.6. The molecule has 2 heterocycles. The number of benzene rings is 3. The number of carbonyl (C=O) groups is 2. The molecule has 1 fully saturated rings. The van der Waals surface area contributed by atoms with Gasteiger partial charge >= 0.3 is 0 Å². The third-order valence-electron chi connectivity index (χ3n) is 5.60. The molecule has 0 radical (unpaired) electrons. The number of thiocarbonyl (C=S) groups is 1. The summed E-state index contributed by atoms with van der Waals surface area (Å²) in [6, 6.07) is 23.5. The van der Waals surface area contributed by atoms with Crippen molar-refractivity contribution < 1.29 is 14.7 Å². The lowest BCUT2D eigenvalue weighted by Crippen LogP contribution is -2.57. The fraction of sp³-hybridized carbons (Fsp3) is 0.0370. The van der Waals surface area contributed by atoms with E-state index in [9.17, 15) is 14.7 Å². The fourth-order valence-corrected chi connectivity index (χ4v) is 5.04. The minimum atomic E-state index is -0.595. The minimum absolute atomic E-state index is 0.0256. The van der Waals surface area contributed by atoms with Crippen molar-refractivity contribution in [2.24, 2.45) is 0 Å². The van der Waals surface area contributed by atoms with Gasteiger partial charge in [-0.05, 0) is 42.9 Å². The molecular formula is C27H19N3O3S2. The maximum absolute atomic E-state index is 13.7. The summed E-state index contributed by atoms with van der Waals surface area (Å²) in [5, 5.41) is 12.5. The zero-order chi connectivity index (χ0) is 24.5. The molecule has 0 unspecified atom stereocenters. The summed E-state index contributed by atoms with van der Waals surface area (Å²) in [7, 11) is 0. The molecule has 6 nitrogen and oxygen atoms in total. The number of para-hydroxylation sites is 2. The Bertz CT molecular complexity index is 1490. The van der Waals surface area contributed by atoms with Crippen LogP contribution >= 0.6 is 23.6 Å². The van der Waals surface area contributed by atoms with Gasteiger partial charge in [0.15, 0.2) is 10.2 Å². The van der Waals surface area contributed by atoms with Gasteiger partial charge in [-0.25, -0.2) is 9.88 Å². The Hall–Kier alpha value is -4.14. The highest BCUT2D eigenvalue weighted by Crippen LogP contribution is 2.35. The van der Waals surface area contributed by atoms with Gasteiger partial charge in [0.25, 0.3) is 11.8 Å². The van der Waals surface area contributed by atoms with Gasteiger partial charge in [-0.3, -0.25) is 14.5 Å². The predicted molar refractivity (Wildman–Crippen MR) is 142 cm³/mol.